The number of fused-ring (bicyclic) bond motifs is 1. The summed E-state index contributed by atoms with van der Waals surface area (Å²) in [6.07, 6.45) is 2.03. The number of carbonyl (C=O) groups is 1. The SMILES string of the molecule is Cc1cccc(CC(=O)Nc2ccc(NCc3ccc4c(c3)OCO4)cn2)c1. The van der Waals surface area contributed by atoms with Crippen molar-refractivity contribution in [2.45, 2.75) is 19.9 Å². The van der Waals surface area contributed by atoms with E-state index in [-0.39, 0.29) is 12.7 Å². The zero-order valence-electron chi connectivity index (χ0n) is 15.6. The lowest BCUT2D eigenvalue weighted by molar-refractivity contribution is -0.115. The number of nitrogens with zero attached hydrogens (tertiary/aromatic N) is 1. The fourth-order valence-corrected chi connectivity index (χ4v) is 3.02. The molecule has 2 aromatic carbocycles. The van der Waals surface area contributed by atoms with Gasteiger partial charge in [-0.05, 0) is 42.3 Å². The third-order valence-corrected chi connectivity index (χ3v) is 4.41. The monoisotopic (exact) mass is 375 g/mol. The first-order valence-electron chi connectivity index (χ1n) is 9.09. The van der Waals surface area contributed by atoms with Crippen LogP contribution in [0.15, 0.2) is 60.8 Å². The average molecular weight is 375 g/mol. The Morgan fingerprint density at radius 1 is 1.04 bits per heavy atom. The molecular formula is C22H21N3O3. The van der Waals surface area contributed by atoms with E-state index in [4.69, 9.17) is 9.47 Å². The maximum Gasteiger partial charge on any atom is 0.231 e. The molecule has 0 fully saturated rings. The molecule has 1 aromatic heterocycles. The molecule has 0 spiro atoms. The van der Waals surface area contributed by atoms with E-state index in [1.54, 1.807) is 12.3 Å². The lowest BCUT2D eigenvalue weighted by Gasteiger charge is -2.09. The summed E-state index contributed by atoms with van der Waals surface area (Å²) < 4.78 is 10.7. The van der Waals surface area contributed by atoms with Gasteiger partial charge in [-0.2, -0.15) is 0 Å². The number of nitrogens with one attached hydrogen (secondary N) is 2. The highest BCUT2D eigenvalue weighted by atomic mass is 16.7. The van der Waals surface area contributed by atoms with Crippen LogP contribution in [0, 0.1) is 6.92 Å². The molecule has 0 bridgehead atoms. The molecule has 2 N–H and O–H groups in total. The number of pyridine rings is 1. The minimum atomic E-state index is -0.0841. The van der Waals surface area contributed by atoms with Crippen molar-refractivity contribution in [1.29, 1.82) is 0 Å². The van der Waals surface area contributed by atoms with Crippen molar-refractivity contribution in [3.63, 3.8) is 0 Å². The van der Waals surface area contributed by atoms with Gasteiger partial charge in [0.1, 0.15) is 5.82 Å². The van der Waals surface area contributed by atoms with Crippen LogP contribution < -0.4 is 20.1 Å². The van der Waals surface area contributed by atoms with Gasteiger partial charge in [0.05, 0.1) is 18.3 Å². The van der Waals surface area contributed by atoms with E-state index in [1.807, 2.05) is 55.5 Å². The van der Waals surface area contributed by atoms with Gasteiger partial charge in [-0.15, -0.1) is 0 Å². The van der Waals surface area contributed by atoms with Crippen LogP contribution in [0.25, 0.3) is 0 Å². The van der Waals surface area contributed by atoms with Gasteiger partial charge in [0, 0.05) is 6.54 Å². The molecule has 4 rings (SSSR count). The van der Waals surface area contributed by atoms with E-state index in [0.717, 1.165) is 33.9 Å². The molecule has 0 saturated heterocycles. The first-order valence-corrected chi connectivity index (χ1v) is 9.09. The topological polar surface area (TPSA) is 72.5 Å². The third-order valence-electron chi connectivity index (χ3n) is 4.41. The van der Waals surface area contributed by atoms with E-state index in [0.29, 0.717) is 18.8 Å². The smallest absolute Gasteiger partial charge is 0.231 e. The molecule has 2 heterocycles. The van der Waals surface area contributed by atoms with Crippen LogP contribution in [0.2, 0.25) is 0 Å². The predicted octanol–water partition coefficient (Wildman–Crippen LogP) is 3.91. The number of anilines is 2. The van der Waals surface area contributed by atoms with Crippen LogP contribution >= 0.6 is 0 Å². The number of carbonyl (C=O) groups excluding carboxylic acids is 1. The molecule has 0 unspecified atom stereocenters. The summed E-state index contributed by atoms with van der Waals surface area (Å²) in [5.74, 6) is 1.99. The normalized spacial score (nSPS) is 11.9. The summed E-state index contributed by atoms with van der Waals surface area (Å²) in [6, 6.07) is 17.5. The maximum atomic E-state index is 12.2. The Morgan fingerprint density at radius 3 is 2.75 bits per heavy atom. The minimum Gasteiger partial charge on any atom is -0.454 e. The molecule has 142 valence electrons. The summed E-state index contributed by atoms with van der Waals surface area (Å²) in [4.78, 5) is 16.5. The highest BCUT2D eigenvalue weighted by Crippen LogP contribution is 2.32. The second kappa shape index (κ2) is 8.00. The standard InChI is InChI=1S/C22H21N3O3/c1-15-3-2-4-16(9-15)11-22(26)25-21-8-6-18(13-24-21)23-12-17-5-7-19-20(10-17)28-14-27-19/h2-10,13,23H,11-12,14H2,1H3,(H,24,25,26). The van der Waals surface area contributed by atoms with Gasteiger partial charge in [0.15, 0.2) is 11.5 Å². The number of aryl methyl sites for hydroxylation is 1. The van der Waals surface area contributed by atoms with Crippen molar-refractivity contribution >= 4 is 17.4 Å². The number of ether oxygens (including phenoxy) is 2. The number of amides is 1. The summed E-state index contributed by atoms with van der Waals surface area (Å²) in [7, 11) is 0. The Morgan fingerprint density at radius 2 is 1.93 bits per heavy atom. The molecule has 0 saturated carbocycles. The van der Waals surface area contributed by atoms with Crippen molar-refractivity contribution < 1.29 is 14.3 Å². The average Bonchev–Trinajstić information content (AvgIpc) is 3.15. The Kier molecular flexibility index (Phi) is 5.10. The quantitative estimate of drug-likeness (QED) is 0.683. The van der Waals surface area contributed by atoms with Crippen molar-refractivity contribution in [1.82, 2.24) is 4.98 Å². The molecule has 1 amide bonds. The summed E-state index contributed by atoms with van der Waals surface area (Å²) in [5, 5.41) is 6.14. The van der Waals surface area contributed by atoms with Crippen LogP contribution in [-0.4, -0.2) is 17.7 Å². The first-order chi connectivity index (χ1) is 13.7. The minimum absolute atomic E-state index is 0.0841. The predicted molar refractivity (Wildman–Crippen MR) is 108 cm³/mol. The van der Waals surface area contributed by atoms with Gasteiger partial charge in [-0.25, -0.2) is 4.98 Å². The zero-order chi connectivity index (χ0) is 19.3. The van der Waals surface area contributed by atoms with Gasteiger partial charge in [0.25, 0.3) is 0 Å². The number of benzene rings is 2. The van der Waals surface area contributed by atoms with Crippen molar-refractivity contribution in [3.8, 4) is 11.5 Å². The maximum absolute atomic E-state index is 12.2. The van der Waals surface area contributed by atoms with Gasteiger partial charge in [0.2, 0.25) is 12.7 Å². The number of aromatic nitrogens is 1. The summed E-state index contributed by atoms with van der Waals surface area (Å²) >= 11 is 0. The largest absolute Gasteiger partial charge is 0.454 e. The van der Waals surface area contributed by atoms with Gasteiger partial charge in [-0.1, -0.05) is 35.9 Å². The molecule has 0 atom stereocenters. The van der Waals surface area contributed by atoms with E-state index in [9.17, 15) is 4.79 Å². The Balaban J connectivity index is 1.30. The van der Waals surface area contributed by atoms with Gasteiger partial charge >= 0.3 is 0 Å². The highest BCUT2D eigenvalue weighted by Gasteiger charge is 2.13. The Labute approximate surface area is 163 Å². The van der Waals surface area contributed by atoms with Crippen LogP contribution in [0.4, 0.5) is 11.5 Å². The summed E-state index contributed by atoms with van der Waals surface area (Å²) in [5.41, 5.74) is 4.08. The number of rotatable bonds is 6. The second-order valence-electron chi connectivity index (χ2n) is 6.69. The van der Waals surface area contributed by atoms with E-state index in [2.05, 4.69) is 15.6 Å². The van der Waals surface area contributed by atoms with Crippen molar-refractivity contribution in [3.05, 3.63) is 77.5 Å². The first kappa shape index (κ1) is 17.9. The Hall–Kier alpha value is -3.54. The van der Waals surface area contributed by atoms with E-state index in [1.165, 1.54) is 0 Å². The molecule has 28 heavy (non-hydrogen) atoms. The fourth-order valence-electron chi connectivity index (χ4n) is 3.02. The van der Waals surface area contributed by atoms with Crippen LogP contribution in [-0.2, 0) is 17.8 Å². The van der Waals surface area contributed by atoms with Crippen LogP contribution in [0.3, 0.4) is 0 Å². The molecule has 1 aliphatic rings. The van der Waals surface area contributed by atoms with Gasteiger partial charge in [-0.3, -0.25) is 4.79 Å². The number of hydrogen-bond acceptors (Lipinski definition) is 5. The number of hydrogen-bond donors (Lipinski definition) is 2. The molecule has 0 radical (unpaired) electrons. The van der Waals surface area contributed by atoms with E-state index < -0.39 is 0 Å². The van der Waals surface area contributed by atoms with Crippen LogP contribution in [0.1, 0.15) is 16.7 Å². The molecule has 6 heteroatoms. The van der Waals surface area contributed by atoms with Gasteiger partial charge < -0.3 is 20.1 Å². The van der Waals surface area contributed by atoms with Crippen molar-refractivity contribution in [2.75, 3.05) is 17.4 Å². The lowest BCUT2D eigenvalue weighted by Crippen LogP contribution is -2.15. The lowest BCUT2D eigenvalue weighted by atomic mass is 10.1. The molecule has 3 aromatic rings. The highest BCUT2D eigenvalue weighted by molar-refractivity contribution is 5.91. The molecular weight excluding hydrogens is 354 g/mol. The molecule has 0 aliphatic carbocycles. The molecule has 1 aliphatic heterocycles. The third kappa shape index (κ3) is 4.40. The van der Waals surface area contributed by atoms with Crippen molar-refractivity contribution in [2.24, 2.45) is 0 Å². The second-order valence-corrected chi connectivity index (χ2v) is 6.69. The Bertz CT molecular complexity index is 987. The zero-order valence-corrected chi connectivity index (χ0v) is 15.6. The fraction of sp³-hybridized carbons (Fsp3) is 0.182. The summed E-state index contributed by atoms with van der Waals surface area (Å²) in [6.45, 7) is 2.92. The van der Waals surface area contributed by atoms with Crippen LogP contribution in [0.5, 0.6) is 11.5 Å². The van der Waals surface area contributed by atoms with E-state index >= 15 is 0 Å². The molecule has 6 nitrogen and oxygen atoms in total.